The molecule has 0 amide bonds. The predicted molar refractivity (Wildman–Crippen MR) is 82.7 cm³/mol. The Bertz CT molecular complexity index is 779. The Morgan fingerprint density at radius 3 is 2.14 bits per heavy atom. The van der Waals surface area contributed by atoms with Crippen molar-refractivity contribution in [3.05, 3.63) is 72.4 Å². The SMILES string of the molecule is Cc1ccccc1S(=O)(=O)O.c1ccc2ncccc2c1. The Labute approximate surface area is 123 Å². The highest BCUT2D eigenvalue weighted by Gasteiger charge is 2.10. The third-order valence-corrected chi connectivity index (χ3v) is 3.90. The van der Waals surface area contributed by atoms with Crippen LogP contribution >= 0.6 is 0 Å². The first-order valence-electron chi connectivity index (χ1n) is 6.31. The van der Waals surface area contributed by atoms with Crippen LogP contribution < -0.4 is 0 Å². The highest BCUT2D eigenvalue weighted by molar-refractivity contribution is 7.85. The molecule has 0 bridgehead atoms. The first kappa shape index (κ1) is 15.2. The summed E-state index contributed by atoms with van der Waals surface area (Å²) in [6.07, 6.45) is 1.81. The largest absolute Gasteiger partial charge is 0.294 e. The van der Waals surface area contributed by atoms with Gasteiger partial charge in [0.1, 0.15) is 0 Å². The van der Waals surface area contributed by atoms with E-state index in [9.17, 15) is 8.42 Å². The van der Waals surface area contributed by atoms with Crippen molar-refractivity contribution in [3.8, 4) is 0 Å². The van der Waals surface area contributed by atoms with Gasteiger partial charge in [-0.25, -0.2) is 0 Å². The van der Waals surface area contributed by atoms with E-state index >= 15 is 0 Å². The summed E-state index contributed by atoms with van der Waals surface area (Å²) < 4.78 is 29.9. The van der Waals surface area contributed by atoms with E-state index in [4.69, 9.17) is 4.55 Å². The van der Waals surface area contributed by atoms with Crippen LogP contribution in [0.2, 0.25) is 0 Å². The Hall–Kier alpha value is -2.24. The second-order valence-corrected chi connectivity index (χ2v) is 5.83. The zero-order chi connectivity index (χ0) is 15.3. The van der Waals surface area contributed by atoms with Crippen molar-refractivity contribution in [1.82, 2.24) is 4.98 Å². The molecule has 1 N–H and O–H groups in total. The predicted octanol–water partition coefficient (Wildman–Crippen LogP) is 3.48. The molecule has 0 aliphatic rings. The van der Waals surface area contributed by atoms with Gasteiger partial charge in [-0.3, -0.25) is 9.54 Å². The van der Waals surface area contributed by atoms with E-state index in [-0.39, 0.29) is 4.90 Å². The maximum Gasteiger partial charge on any atom is 0.294 e. The summed E-state index contributed by atoms with van der Waals surface area (Å²) in [6, 6.07) is 18.4. The van der Waals surface area contributed by atoms with Crippen molar-refractivity contribution in [1.29, 1.82) is 0 Å². The lowest BCUT2D eigenvalue weighted by atomic mass is 10.2. The molecule has 0 aliphatic carbocycles. The van der Waals surface area contributed by atoms with Gasteiger partial charge in [-0.1, -0.05) is 42.5 Å². The van der Waals surface area contributed by atoms with Gasteiger partial charge in [0.05, 0.1) is 10.4 Å². The minimum atomic E-state index is -4.03. The van der Waals surface area contributed by atoms with Gasteiger partial charge in [-0.15, -0.1) is 0 Å². The maximum absolute atomic E-state index is 10.6. The normalized spacial score (nSPS) is 10.8. The molecule has 3 rings (SSSR count). The fraction of sp³-hybridized carbons (Fsp3) is 0.0625. The molecule has 0 fully saturated rings. The highest BCUT2D eigenvalue weighted by Crippen LogP contribution is 2.12. The van der Waals surface area contributed by atoms with Crippen LogP contribution in [-0.2, 0) is 10.1 Å². The number of aromatic nitrogens is 1. The zero-order valence-electron chi connectivity index (χ0n) is 11.5. The molecule has 0 saturated carbocycles. The number of rotatable bonds is 1. The van der Waals surface area contributed by atoms with Gasteiger partial charge in [0.25, 0.3) is 10.1 Å². The summed E-state index contributed by atoms with van der Waals surface area (Å²) in [5, 5.41) is 1.20. The lowest BCUT2D eigenvalue weighted by molar-refractivity contribution is 0.482. The average Bonchev–Trinajstić information content (AvgIpc) is 2.47. The van der Waals surface area contributed by atoms with E-state index in [1.54, 1.807) is 25.1 Å². The molecule has 21 heavy (non-hydrogen) atoms. The summed E-state index contributed by atoms with van der Waals surface area (Å²) >= 11 is 0. The van der Waals surface area contributed by atoms with Crippen LogP contribution in [0.15, 0.2) is 71.8 Å². The highest BCUT2D eigenvalue weighted by atomic mass is 32.2. The molecule has 4 nitrogen and oxygen atoms in total. The van der Waals surface area contributed by atoms with Crippen molar-refractivity contribution in [2.45, 2.75) is 11.8 Å². The van der Waals surface area contributed by atoms with Crippen LogP contribution in [0.4, 0.5) is 0 Å². The number of hydrogen-bond acceptors (Lipinski definition) is 3. The van der Waals surface area contributed by atoms with Crippen molar-refractivity contribution in [3.63, 3.8) is 0 Å². The van der Waals surface area contributed by atoms with Crippen molar-refractivity contribution >= 4 is 21.0 Å². The van der Waals surface area contributed by atoms with Gasteiger partial charge in [-0.05, 0) is 30.7 Å². The molecule has 2 aromatic carbocycles. The van der Waals surface area contributed by atoms with Crippen LogP contribution in [0.1, 0.15) is 5.56 Å². The maximum atomic E-state index is 10.6. The Morgan fingerprint density at radius 2 is 1.52 bits per heavy atom. The van der Waals surface area contributed by atoms with Gasteiger partial charge < -0.3 is 0 Å². The summed E-state index contributed by atoms with van der Waals surface area (Å²) in [4.78, 5) is 4.15. The molecule has 1 aromatic heterocycles. The van der Waals surface area contributed by atoms with Crippen LogP contribution in [0.5, 0.6) is 0 Å². The number of fused-ring (bicyclic) bond motifs is 1. The third kappa shape index (κ3) is 4.11. The van der Waals surface area contributed by atoms with Gasteiger partial charge in [0.2, 0.25) is 0 Å². The number of benzene rings is 2. The molecule has 0 aliphatic heterocycles. The van der Waals surface area contributed by atoms with E-state index in [0.29, 0.717) is 5.56 Å². The van der Waals surface area contributed by atoms with E-state index in [2.05, 4.69) is 17.1 Å². The summed E-state index contributed by atoms with van der Waals surface area (Å²) in [7, 11) is -4.03. The number of hydrogen-bond donors (Lipinski definition) is 1. The van der Waals surface area contributed by atoms with Crippen molar-refractivity contribution in [2.24, 2.45) is 0 Å². The minimum absolute atomic E-state index is 0.0278. The third-order valence-electron chi connectivity index (χ3n) is 2.88. The van der Waals surface area contributed by atoms with Crippen LogP contribution in [0.25, 0.3) is 10.9 Å². The van der Waals surface area contributed by atoms with E-state index in [0.717, 1.165) is 5.52 Å². The van der Waals surface area contributed by atoms with Crippen LogP contribution in [0.3, 0.4) is 0 Å². The average molecular weight is 301 g/mol. The Kier molecular flexibility index (Phi) is 4.67. The second-order valence-electron chi connectivity index (χ2n) is 4.44. The lowest BCUT2D eigenvalue weighted by Gasteiger charge is -1.99. The van der Waals surface area contributed by atoms with Crippen molar-refractivity contribution < 1.29 is 13.0 Å². The zero-order valence-corrected chi connectivity index (χ0v) is 12.3. The minimum Gasteiger partial charge on any atom is -0.282 e. The summed E-state index contributed by atoms with van der Waals surface area (Å²) in [5.74, 6) is 0. The fourth-order valence-corrected chi connectivity index (χ4v) is 2.59. The lowest BCUT2D eigenvalue weighted by Crippen LogP contribution is -1.99. The molecular weight excluding hydrogens is 286 g/mol. The van der Waals surface area contributed by atoms with E-state index in [1.165, 1.54) is 11.5 Å². The van der Waals surface area contributed by atoms with Crippen molar-refractivity contribution in [2.75, 3.05) is 0 Å². The molecule has 0 radical (unpaired) electrons. The second kappa shape index (κ2) is 6.47. The first-order chi connectivity index (χ1) is 9.98. The van der Waals surface area contributed by atoms with Gasteiger partial charge in [0.15, 0.2) is 0 Å². The number of para-hydroxylation sites is 1. The van der Waals surface area contributed by atoms with E-state index < -0.39 is 10.1 Å². The molecule has 108 valence electrons. The van der Waals surface area contributed by atoms with Gasteiger partial charge in [0, 0.05) is 11.6 Å². The molecule has 0 saturated heterocycles. The quantitative estimate of drug-likeness (QED) is 0.699. The number of nitrogens with zero attached hydrogens (tertiary/aromatic N) is 1. The summed E-state index contributed by atoms with van der Waals surface area (Å²) in [6.45, 7) is 1.63. The van der Waals surface area contributed by atoms with Gasteiger partial charge >= 0.3 is 0 Å². The fourth-order valence-electron chi connectivity index (χ4n) is 1.86. The monoisotopic (exact) mass is 301 g/mol. The van der Waals surface area contributed by atoms with Gasteiger partial charge in [-0.2, -0.15) is 8.42 Å². The Balaban J connectivity index is 0.000000154. The Morgan fingerprint density at radius 1 is 0.905 bits per heavy atom. The van der Waals surface area contributed by atoms with Crippen LogP contribution in [-0.4, -0.2) is 18.0 Å². The first-order valence-corrected chi connectivity index (χ1v) is 7.75. The van der Waals surface area contributed by atoms with Crippen LogP contribution in [0, 0.1) is 6.92 Å². The molecular formula is C16H15NO3S. The number of pyridine rings is 1. The molecule has 3 aromatic rings. The molecule has 0 unspecified atom stereocenters. The smallest absolute Gasteiger partial charge is 0.282 e. The standard InChI is InChI=1S/C9H7N.C7H8O3S/c1-2-6-9-8(4-1)5-3-7-10-9;1-6-4-2-3-5-7(6)11(8,9)10/h1-7H;2-5H,1H3,(H,8,9,10). The number of aryl methyl sites for hydroxylation is 1. The molecule has 5 heteroatoms. The topological polar surface area (TPSA) is 67.3 Å². The molecule has 0 atom stereocenters. The molecule has 1 heterocycles. The van der Waals surface area contributed by atoms with E-state index in [1.807, 2.05) is 30.5 Å². The molecule has 0 spiro atoms. The summed E-state index contributed by atoms with van der Waals surface area (Å²) in [5.41, 5.74) is 1.61.